The number of nitrogens with zero attached hydrogens (tertiary/aromatic N) is 2. The van der Waals surface area contributed by atoms with Crippen LogP contribution in [-0.4, -0.2) is 43.8 Å². The van der Waals surface area contributed by atoms with Crippen molar-refractivity contribution in [1.82, 2.24) is 9.13 Å². The van der Waals surface area contributed by atoms with Crippen molar-refractivity contribution in [1.29, 1.82) is 0 Å². The van der Waals surface area contributed by atoms with Crippen LogP contribution in [0.3, 0.4) is 0 Å². The van der Waals surface area contributed by atoms with Gasteiger partial charge in [0.1, 0.15) is 18.1 Å². The Kier molecular flexibility index (Phi) is 8.89. The Balaban J connectivity index is 2.13. The zero-order valence-electron chi connectivity index (χ0n) is 26.1. The molecule has 0 fully saturated rings. The van der Waals surface area contributed by atoms with Gasteiger partial charge in [-0.2, -0.15) is 0 Å². The number of benzene rings is 1. The van der Waals surface area contributed by atoms with Gasteiger partial charge in [0.05, 0.1) is 16.8 Å². The minimum atomic E-state index is -2.09. The summed E-state index contributed by atoms with van der Waals surface area (Å²) in [4.78, 5) is 27.2. The van der Waals surface area contributed by atoms with E-state index in [1.165, 1.54) is 9.13 Å². The van der Waals surface area contributed by atoms with Crippen LogP contribution in [0.5, 0.6) is 5.75 Å². The molecule has 3 aromatic rings. The SMILES string of the molecule is CC(C)(C)OC(=O)n1c(-c2cc(N)cn(COCC[Si](C)(C)C)c2=O)cc2cc(O[Si](C)(C)C(C)(C)C)ccc21. The smallest absolute Gasteiger partial charge is 0.419 e. The molecular formula is C30H47N3O5Si2. The highest BCUT2D eigenvalue weighted by atomic mass is 28.4. The second-order valence-corrected chi connectivity index (χ2v) is 24.6. The standard InChI is InChI=1S/C30H47N3O5Si2/c1-29(2,3)37-28(35)33-25-13-12-23(38-40(10,11)30(4,5)6)16-21(25)17-26(33)24-18-22(31)19-32(27(24)34)20-36-14-15-39(7,8)9/h12-13,16-19H,14-15,20,31H2,1-11H3. The largest absolute Gasteiger partial charge is 0.543 e. The monoisotopic (exact) mass is 585 g/mol. The number of hydrogen-bond acceptors (Lipinski definition) is 6. The lowest BCUT2D eigenvalue weighted by atomic mass is 10.1. The van der Waals surface area contributed by atoms with Crippen LogP contribution >= 0.6 is 0 Å². The van der Waals surface area contributed by atoms with E-state index in [4.69, 9.17) is 19.6 Å². The number of aromatic nitrogens is 2. The molecule has 1 aromatic carbocycles. The average Bonchev–Trinajstić information content (AvgIpc) is 3.14. The molecule has 0 saturated heterocycles. The topological polar surface area (TPSA) is 97.7 Å². The predicted octanol–water partition coefficient (Wildman–Crippen LogP) is 7.53. The number of nitrogen functional groups attached to an aromatic ring is 1. The third kappa shape index (κ3) is 7.67. The summed E-state index contributed by atoms with van der Waals surface area (Å²) in [7, 11) is -3.36. The molecule has 8 nitrogen and oxygen atoms in total. The normalized spacial score (nSPS) is 13.1. The van der Waals surface area contributed by atoms with Crippen LogP contribution in [0.15, 0.2) is 41.3 Å². The molecule has 0 saturated carbocycles. The molecule has 0 radical (unpaired) electrons. The Hall–Kier alpha value is -2.83. The van der Waals surface area contributed by atoms with Gasteiger partial charge in [-0.1, -0.05) is 40.4 Å². The van der Waals surface area contributed by atoms with Crippen molar-refractivity contribution in [2.75, 3.05) is 12.3 Å². The lowest BCUT2D eigenvalue weighted by Crippen LogP contribution is -2.43. The molecule has 220 valence electrons. The van der Waals surface area contributed by atoms with Crippen molar-refractivity contribution in [3.8, 4) is 17.0 Å². The van der Waals surface area contributed by atoms with Gasteiger partial charge in [-0.05, 0) is 75.3 Å². The summed E-state index contributed by atoms with van der Waals surface area (Å²) in [5.41, 5.74) is 6.93. The number of nitrogens with two attached hydrogens (primary N) is 1. The van der Waals surface area contributed by atoms with E-state index in [9.17, 15) is 9.59 Å². The molecule has 0 amide bonds. The molecule has 0 unspecified atom stereocenters. The van der Waals surface area contributed by atoms with Gasteiger partial charge >= 0.3 is 6.09 Å². The van der Waals surface area contributed by atoms with E-state index in [1.807, 2.05) is 45.0 Å². The zero-order valence-corrected chi connectivity index (χ0v) is 28.1. The molecule has 2 N–H and O–H groups in total. The quantitative estimate of drug-likeness (QED) is 0.217. The molecule has 2 aromatic heterocycles. The second-order valence-electron chi connectivity index (χ2n) is 14.2. The van der Waals surface area contributed by atoms with Crippen molar-refractivity contribution in [2.45, 2.75) is 97.7 Å². The molecule has 40 heavy (non-hydrogen) atoms. The van der Waals surface area contributed by atoms with Gasteiger partial charge in [-0.3, -0.25) is 9.36 Å². The number of carbonyl (C=O) groups excluding carboxylic acids is 1. The minimum absolute atomic E-state index is 0.0271. The first-order valence-electron chi connectivity index (χ1n) is 13.8. The van der Waals surface area contributed by atoms with Crippen molar-refractivity contribution in [3.63, 3.8) is 0 Å². The lowest BCUT2D eigenvalue weighted by Gasteiger charge is -2.36. The van der Waals surface area contributed by atoms with Crippen LogP contribution in [0.2, 0.25) is 43.8 Å². The fourth-order valence-electron chi connectivity index (χ4n) is 3.89. The van der Waals surface area contributed by atoms with Crippen LogP contribution in [0.1, 0.15) is 41.5 Å². The Morgan fingerprint density at radius 2 is 1.62 bits per heavy atom. The number of hydrogen-bond donors (Lipinski definition) is 1. The summed E-state index contributed by atoms with van der Waals surface area (Å²) >= 11 is 0. The molecule has 0 aliphatic rings. The fraction of sp³-hybridized carbons (Fsp3) is 0.533. The van der Waals surface area contributed by atoms with Crippen LogP contribution in [0.4, 0.5) is 10.5 Å². The van der Waals surface area contributed by atoms with E-state index in [0.29, 0.717) is 29.1 Å². The molecule has 0 aliphatic carbocycles. The summed E-state index contributed by atoms with van der Waals surface area (Å²) in [5.74, 6) is 0.729. The number of anilines is 1. The van der Waals surface area contributed by atoms with Crippen molar-refractivity contribution in [3.05, 3.63) is 46.9 Å². The Morgan fingerprint density at radius 3 is 2.20 bits per heavy atom. The fourth-order valence-corrected chi connectivity index (χ4v) is 5.67. The maximum atomic E-state index is 13.7. The molecular weight excluding hydrogens is 539 g/mol. The molecule has 0 bridgehead atoms. The number of fused-ring (bicyclic) bond motifs is 1. The third-order valence-corrected chi connectivity index (χ3v) is 13.2. The molecule has 2 heterocycles. The highest BCUT2D eigenvalue weighted by molar-refractivity contribution is 6.76. The van der Waals surface area contributed by atoms with Crippen LogP contribution < -0.4 is 15.7 Å². The summed E-state index contributed by atoms with van der Waals surface area (Å²) < 4.78 is 21.0. The number of carbonyl (C=O) groups is 1. The van der Waals surface area contributed by atoms with Crippen molar-refractivity contribution >= 4 is 39.1 Å². The maximum absolute atomic E-state index is 13.7. The second kappa shape index (κ2) is 11.2. The van der Waals surface area contributed by atoms with Crippen molar-refractivity contribution < 1.29 is 18.7 Å². The van der Waals surface area contributed by atoms with Gasteiger partial charge in [0.2, 0.25) is 8.32 Å². The number of rotatable bonds is 8. The van der Waals surface area contributed by atoms with Crippen LogP contribution in [0, 0.1) is 0 Å². The van der Waals surface area contributed by atoms with E-state index >= 15 is 0 Å². The van der Waals surface area contributed by atoms with Gasteiger partial charge in [0, 0.05) is 32.0 Å². The highest BCUT2D eigenvalue weighted by Crippen LogP contribution is 2.38. The molecule has 10 heteroatoms. The van der Waals surface area contributed by atoms with E-state index in [-0.39, 0.29) is 17.3 Å². The highest BCUT2D eigenvalue weighted by Gasteiger charge is 2.39. The molecule has 0 aliphatic heterocycles. The van der Waals surface area contributed by atoms with Gasteiger partial charge in [-0.25, -0.2) is 9.36 Å². The number of ether oxygens (including phenoxy) is 2. The van der Waals surface area contributed by atoms with Gasteiger partial charge in [0.25, 0.3) is 5.56 Å². The zero-order chi connectivity index (χ0) is 30.3. The van der Waals surface area contributed by atoms with E-state index in [1.54, 1.807) is 12.3 Å². The van der Waals surface area contributed by atoms with Crippen LogP contribution in [0.25, 0.3) is 22.2 Å². The van der Waals surface area contributed by atoms with Gasteiger partial charge < -0.3 is 19.6 Å². The summed E-state index contributed by atoms with van der Waals surface area (Å²) in [6.45, 7) is 23.9. The van der Waals surface area contributed by atoms with Gasteiger partial charge in [-0.15, -0.1) is 0 Å². The summed E-state index contributed by atoms with van der Waals surface area (Å²) in [5, 5.41) is 0.788. The first-order chi connectivity index (χ1) is 18.2. The van der Waals surface area contributed by atoms with E-state index < -0.39 is 28.1 Å². The van der Waals surface area contributed by atoms with Crippen molar-refractivity contribution in [2.24, 2.45) is 0 Å². The first kappa shape index (κ1) is 31.7. The Bertz CT molecular complexity index is 1440. The van der Waals surface area contributed by atoms with E-state index in [2.05, 4.69) is 53.5 Å². The third-order valence-electron chi connectivity index (χ3n) is 7.14. The van der Waals surface area contributed by atoms with E-state index in [0.717, 1.165) is 17.2 Å². The Labute approximate surface area is 240 Å². The molecule has 0 atom stereocenters. The molecule has 0 spiro atoms. The lowest BCUT2D eigenvalue weighted by molar-refractivity contribution is 0.0547. The minimum Gasteiger partial charge on any atom is -0.543 e. The average molecular weight is 586 g/mol. The predicted molar refractivity (Wildman–Crippen MR) is 170 cm³/mol. The maximum Gasteiger partial charge on any atom is 0.419 e. The first-order valence-corrected chi connectivity index (χ1v) is 20.5. The van der Waals surface area contributed by atoms with Crippen LogP contribution in [-0.2, 0) is 16.2 Å². The summed E-state index contributed by atoms with van der Waals surface area (Å²) in [6, 6.07) is 10.0. The Morgan fingerprint density at radius 1 is 0.975 bits per heavy atom. The summed E-state index contributed by atoms with van der Waals surface area (Å²) in [6.07, 6.45) is 1.00. The van der Waals surface area contributed by atoms with Gasteiger partial charge in [0.15, 0.2) is 0 Å². The number of pyridine rings is 1. The molecule has 3 rings (SSSR count).